The fourth-order valence-electron chi connectivity index (χ4n) is 1.58. The van der Waals surface area contributed by atoms with Crippen molar-refractivity contribution in [3.8, 4) is 0 Å². The summed E-state index contributed by atoms with van der Waals surface area (Å²) >= 11 is 0. The molecule has 0 saturated carbocycles. The lowest BCUT2D eigenvalue weighted by Crippen LogP contribution is -2.10. The van der Waals surface area contributed by atoms with Crippen LogP contribution in [0, 0.1) is 5.82 Å². The second-order valence-electron chi connectivity index (χ2n) is 3.99. The number of ether oxygens (including phenoxy) is 1. The number of hydrogen-bond acceptors (Lipinski definition) is 4. The highest BCUT2D eigenvalue weighted by molar-refractivity contribution is 5.90. The average molecular weight is 260 g/mol. The van der Waals surface area contributed by atoms with Crippen LogP contribution >= 0.6 is 0 Å². The van der Waals surface area contributed by atoms with Crippen LogP contribution in [0.5, 0.6) is 0 Å². The molecular formula is C14H13FN2O2. The summed E-state index contributed by atoms with van der Waals surface area (Å²) in [6, 6.07) is 7.55. The van der Waals surface area contributed by atoms with Crippen molar-refractivity contribution >= 4 is 11.7 Å². The van der Waals surface area contributed by atoms with Crippen molar-refractivity contribution in [1.29, 1.82) is 0 Å². The van der Waals surface area contributed by atoms with E-state index in [1.165, 1.54) is 12.1 Å². The van der Waals surface area contributed by atoms with Gasteiger partial charge >= 0.3 is 5.97 Å². The number of nitrogen functional groups attached to an aromatic ring is 1. The van der Waals surface area contributed by atoms with Gasteiger partial charge in [-0.05, 0) is 29.8 Å². The number of nitrogens with two attached hydrogens (primary N) is 1. The molecule has 0 atom stereocenters. The van der Waals surface area contributed by atoms with Crippen molar-refractivity contribution in [2.24, 2.45) is 0 Å². The predicted octanol–water partition coefficient (Wildman–Crippen LogP) is 2.20. The Morgan fingerprint density at radius 2 is 2.21 bits per heavy atom. The first kappa shape index (κ1) is 13.0. The highest BCUT2D eigenvalue weighted by atomic mass is 19.1. The maximum Gasteiger partial charge on any atom is 0.341 e. The van der Waals surface area contributed by atoms with Crippen molar-refractivity contribution in [2.45, 2.75) is 6.42 Å². The van der Waals surface area contributed by atoms with Crippen molar-refractivity contribution < 1.29 is 13.9 Å². The summed E-state index contributed by atoms with van der Waals surface area (Å²) in [7, 11) is 0. The zero-order valence-electron chi connectivity index (χ0n) is 10.2. The van der Waals surface area contributed by atoms with E-state index in [2.05, 4.69) is 4.98 Å². The highest BCUT2D eigenvalue weighted by Gasteiger charge is 2.13. The minimum Gasteiger partial charge on any atom is -0.462 e. The molecule has 1 heterocycles. The molecule has 2 N–H and O–H groups in total. The van der Waals surface area contributed by atoms with E-state index in [0.717, 1.165) is 11.6 Å². The van der Waals surface area contributed by atoms with E-state index in [4.69, 9.17) is 10.5 Å². The molecule has 0 spiro atoms. The number of nitrogens with zero attached hydrogens (tertiary/aromatic N) is 1. The average Bonchev–Trinajstić information content (AvgIpc) is 2.39. The number of pyridine rings is 1. The van der Waals surface area contributed by atoms with Crippen molar-refractivity contribution in [3.05, 3.63) is 59.7 Å². The molecule has 0 amide bonds. The Balaban J connectivity index is 1.91. The van der Waals surface area contributed by atoms with Gasteiger partial charge in [-0.15, -0.1) is 0 Å². The van der Waals surface area contributed by atoms with Gasteiger partial charge in [0.1, 0.15) is 5.82 Å². The predicted molar refractivity (Wildman–Crippen MR) is 69.0 cm³/mol. The van der Waals surface area contributed by atoms with E-state index < -0.39 is 11.8 Å². The van der Waals surface area contributed by atoms with Crippen molar-refractivity contribution in [1.82, 2.24) is 4.98 Å². The van der Waals surface area contributed by atoms with Crippen LogP contribution in [0.3, 0.4) is 0 Å². The molecule has 1 aromatic heterocycles. The number of rotatable bonds is 4. The minimum atomic E-state index is -0.693. The summed E-state index contributed by atoms with van der Waals surface area (Å²) in [5.41, 5.74) is 6.51. The second kappa shape index (κ2) is 5.95. The lowest BCUT2D eigenvalue weighted by Gasteiger charge is -2.06. The highest BCUT2D eigenvalue weighted by Crippen LogP contribution is 2.13. The third-order valence-corrected chi connectivity index (χ3v) is 2.56. The number of benzene rings is 1. The lowest BCUT2D eigenvalue weighted by atomic mass is 10.2. The molecule has 0 unspecified atom stereocenters. The fourth-order valence-corrected chi connectivity index (χ4v) is 1.58. The van der Waals surface area contributed by atoms with Gasteiger partial charge in [-0.25, -0.2) is 9.18 Å². The van der Waals surface area contributed by atoms with E-state index in [1.54, 1.807) is 18.5 Å². The number of halogens is 1. The molecule has 0 bridgehead atoms. The van der Waals surface area contributed by atoms with Gasteiger partial charge in [0.15, 0.2) is 0 Å². The molecule has 0 aliphatic heterocycles. The van der Waals surface area contributed by atoms with Crippen LogP contribution in [0.1, 0.15) is 15.9 Å². The van der Waals surface area contributed by atoms with Crippen molar-refractivity contribution in [3.63, 3.8) is 0 Å². The normalized spacial score (nSPS) is 10.2. The fraction of sp³-hybridized carbons (Fsp3) is 0.143. The molecule has 2 aromatic rings. The largest absolute Gasteiger partial charge is 0.462 e. The third kappa shape index (κ3) is 3.51. The molecule has 98 valence electrons. The lowest BCUT2D eigenvalue weighted by molar-refractivity contribution is 0.0504. The van der Waals surface area contributed by atoms with Crippen LogP contribution in [0.25, 0.3) is 0 Å². The Hall–Kier alpha value is -2.43. The first-order chi connectivity index (χ1) is 9.16. The number of carbonyl (C=O) groups excluding carboxylic acids is 1. The Morgan fingerprint density at radius 1 is 1.37 bits per heavy atom. The van der Waals surface area contributed by atoms with Crippen LogP contribution in [0.2, 0.25) is 0 Å². The van der Waals surface area contributed by atoms with E-state index in [0.29, 0.717) is 6.42 Å². The molecule has 1 aromatic carbocycles. The van der Waals surface area contributed by atoms with E-state index in [-0.39, 0.29) is 17.9 Å². The summed E-state index contributed by atoms with van der Waals surface area (Å²) in [6.45, 7) is 0.175. The Morgan fingerprint density at radius 3 is 2.89 bits per heavy atom. The van der Waals surface area contributed by atoms with E-state index in [9.17, 15) is 9.18 Å². The summed E-state index contributed by atoms with van der Waals surface area (Å²) in [5, 5.41) is 0. The molecule has 19 heavy (non-hydrogen) atoms. The quantitative estimate of drug-likeness (QED) is 0.676. The van der Waals surface area contributed by atoms with Crippen LogP contribution in [-0.2, 0) is 11.2 Å². The van der Waals surface area contributed by atoms with E-state index >= 15 is 0 Å². The number of anilines is 1. The molecule has 0 saturated heterocycles. The van der Waals surface area contributed by atoms with Crippen LogP contribution in [-0.4, -0.2) is 17.6 Å². The summed E-state index contributed by atoms with van der Waals surface area (Å²) in [5.74, 6) is -1.37. The monoisotopic (exact) mass is 260 g/mol. The van der Waals surface area contributed by atoms with Gasteiger partial charge in [0.2, 0.25) is 0 Å². The molecule has 5 heteroatoms. The zero-order chi connectivity index (χ0) is 13.7. The van der Waals surface area contributed by atoms with Gasteiger partial charge in [0.05, 0.1) is 12.2 Å². The topological polar surface area (TPSA) is 65.2 Å². The number of carbonyl (C=O) groups is 1. The maximum atomic E-state index is 13.5. The number of aromatic nitrogens is 1. The standard InChI is InChI=1S/C14H13FN2O2/c15-13-8-11(16)3-4-12(13)14(18)19-7-5-10-2-1-6-17-9-10/h1-4,6,8-9H,5,7,16H2. The van der Waals surface area contributed by atoms with Gasteiger partial charge in [-0.3, -0.25) is 4.98 Å². The van der Waals surface area contributed by atoms with Gasteiger partial charge in [0, 0.05) is 24.5 Å². The molecule has 0 aliphatic rings. The Bertz CT molecular complexity index is 573. The maximum absolute atomic E-state index is 13.5. The first-order valence-electron chi connectivity index (χ1n) is 5.78. The Labute approximate surface area is 110 Å². The van der Waals surface area contributed by atoms with Crippen molar-refractivity contribution in [2.75, 3.05) is 12.3 Å². The molecule has 0 radical (unpaired) electrons. The summed E-state index contributed by atoms with van der Waals surface area (Å²) < 4.78 is 18.5. The molecule has 2 rings (SSSR count). The van der Waals surface area contributed by atoms with Gasteiger partial charge in [-0.1, -0.05) is 6.07 Å². The number of hydrogen-bond donors (Lipinski definition) is 1. The zero-order valence-corrected chi connectivity index (χ0v) is 10.2. The van der Waals surface area contributed by atoms with Gasteiger partial charge in [-0.2, -0.15) is 0 Å². The van der Waals surface area contributed by atoms with E-state index in [1.807, 2.05) is 6.07 Å². The van der Waals surface area contributed by atoms with Gasteiger partial charge in [0.25, 0.3) is 0 Å². The first-order valence-corrected chi connectivity index (χ1v) is 5.78. The summed E-state index contributed by atoms with van der Waals surface area (Å²) in [6.07, 6.45) is 3.90. The third-order valence-electron chi connectivity index (χ3n) is 2.56. The van der Waals surface area contributed by atoms with Gasteiger partial charge < -0.3 is 10.5 Å². The molecule has 0 aliphatic carbocycles. The Kier molecular flexibility index (Phi) is 4.07. The van der Waals surface area contributed by atoms with Crippen LogP contribution in [0.4, 0.5) is 10.1 Å². The smallest absolute Gasteiger partial charge is 0.341 e. The SMILES string of the molecule is Nc1ccc(C(=O)OCCc2cccnc2)c(F)c1. The minimum absolute atomic E-state index is 0.111. The van der Waals surface area contributed by atoms with Crippen LogP contribution in [0.15, 0.2) is 42.7 Å². The molecule has 0 fully saturated rings. The van der Waals surface area contributed by atoms with Crippen LogP contribution < -0.4 is 5.73 Å². The number of esters is 1. The molecule has 4 nitrogen and oxygen atoms in total. The molecular weight excluding hydrogens is 247 g/mol. The summed E-state index contributed by atoms with van der Waals surface area (Å²) in [4.78, 5) is 15.6. The second-order valence-corrected chi connectivity index (χ2v) is 3.99.